The van der Waals surface area contributed by atoms with Gasteiger partial charge in [0.1, 0.15) is 17.3 Å². The van der Waals surface area contributed by atoms with Gasteiger partial charge in [-0.25, -0.2) is 4.68 Å². The lowest BCUT2D eigenvalue weighted by atomic mass is 10.1. The molecule has 5 nitrogen and oxygen atoms in total. The molecule has 0 saturated carbocycles. The number of rotatable bonds is 4. The molecule has 0 atom stereocenters. The van der Waals surface area contributed by atoms with E-state index in [4.69, 9.17) is 14.6 Å². The van der Waals surface area contributed by atoms with E-state index in [9.17, 15) is 0 Å². The zero-order valence-electron chi connectivity index (χ0n) is 13.7. The first kappa shape index (κ1) is 14.6. The van der Waals surface area contributed by atoms with Crippen molar-refractivity contribution in [1.82, 2.24) is 9.78 Å². The normalized spacial score (nSPS) is 12.6. The standard InChI is InChI=1S/C19H19N3O2/c1-23-15-8-6-14(7-9-15)22-19-17(10-11-20-19)18(21-22)13-4-3-5-16(12-13)24-2/h3-9,12,20H,10-11H2,1-2H3. The molecule has 24 heavy (non-hydrogen) atoms. The van der Waals surface area contributed by atoms with E-state index in [1.165, 1.54) is 5.56 Å². The van der Waals surface area contributed by atoms with Crippen LogP contribution in [-0.2, 0) is 6.42 Å². The minimum absolute atomic E-state index is 0.837. The van der Waals surface area contributed by atoms with Crippen molar-refractivity contribution in [3.05, 3.63) is 54.1 Å². The molecule has 0 amide bonds. The van der Waals surface area contributed by atoms with Crippen LogP contribution in [0.25, 0.3) is 16.9 Å². The van der Waals surface area contributed by atoms with Crippen LogP contribution in [0.1, 0.15) is 5.56 Å². The summed E-state index contributed by atoms with van der Waals surface area (Å²) in [6, 6.07) is 16.0. The van der Waals surface area contributed by atoms with Gasteiger partial charge < -0.3 is 14.8 Å². The number of fused-ring (bicyclic) bond motifs is 1. The van der Waals surface area contributed by atoms with E-state index < -0.39 is 0 Å². The molecule has 1 aromatic heterocycles. The summed E-state index contributed by atoms with van der Waals surface area (Å²) in [5.74, 6) is 2.74. The summed E-state index contributed by atoms with van der Waals surface area (Å²) in [5.41, 5.74) is 4.33. The molecule has 1 aliphatic rings. The highest BCUT2D eigenvalue weighted by Gasteiger charge is 2.24. The molecule has 0 aliphatic carbocycles. The van der Waals surface area contributed by atoms with Gasteiger partial charge in [0.15, 0.2) is 0 Å². The first-order valence-corrected chi connectivity index (χ1v) is 7.95. The van der Waals surface area contributed by atoms with Gasteiger partial charge in [0.05, 0.1) is 25.6 Å². The smallest absolute Gasteiger partial charge is 0.133 e. The predicted octanol–water partition coefficient (Wildman–Crippen LogP) is 3.52. The lowest BCUT2D eigenvalue weighted by Gasteiger charge is -2.07. The lowest BCUT2D eigenvalue weighted by molar-refractivity contribution is 0.414. The van der Waals surface area contributed by atoms with Gasteiger partial charge in [0, 0.05) is 17.7 Å². The van der Waals surface area contributed by atoms with Crippen molar-refractivity contribution in [1.29, 1.82) is 0 Å². The minimum atomic E-state index is 0.837. The predicted molar refractivity (Wildman–Crippen MR) is 94.3 cm³/mol. The fourth-order valence-corrected chi connectivity index (χ4v) is 3.09. The highest BCUT2D eigenvalue weighted by molar-refractivity contribution is 5.73. The van der Waals surface area contributed by atoms with E-state index in [0.29, 0.717) is 0 Å². The summed E-state index contributed by atoms with van der Waals surface area (Å²) >= 11 is 0. The SMILES string of the molecule is COc1ccc(-n2nc(-c3cccc(OC)c3)c3c2NCC3)cc1. The molecule has 122 valence electrons. The van der Waals surface area contributed by atoms with Gasteiger partial charge in [-0.15, -0.1) is 0 Å². The van der Waals surface area contributed by atoms with Crippen molar-refractivity contribution in [3.63, 3.8) is 0 Å². The Morgan fingerprint density at radius 1 is 1.00 bits per heavy atom. The van der Waals surface area contributed by atoms with Crippen LogP contribution in [0, 0.1) is 0 Å². The molecule has 2 heterocycles. The maximum atomic E-state index is 5.35. The van der Waals surface area contributed by atoms with Crippen molar-refractivity contribution in [2.45, 2.75) is 6.42 Å². The number of anilines is 1. The second-order valence-corrected chi connectivity index (χ2v) is 5.69. The Kier molecular flexibility index (Phi) is 3.61. The van der Waals surface area contributed by atoms with Crippen molar-refractivity contribution >= 4 is 5.82 Å². The molecule has 0 radical (unpaired) electrons. The van der Waals surface area contributed by atoms with Crippen LogP contribution in [0.15, 0.2) is 48.5 Å². The summed E-state index contributed by atoms with van der Waals surface area (Å²) in [6.45, 7) is 0.931. The Labute approximate surface area is 140 Å². The number of aromatic nitrogens is 2. The molecule has 2 aromatic carbocycles. The van der Waals surface area contributed by atoms with Gasteiger partial charge in [-0.2, -0.15) is 5.10 Å². The summed E-state index contributed by atoms with van der Waals surface area (Å²) < 4.78 is 12.6. The molecule has 1 aliphatic heterocycles. The average Bonchev–Trinajstić information content (AvgIpc) is 3.24. The van der Waals surface area contributed by atoms with E-state index >= 15 is 0 Å². The Morgan fingerprint density at radius 3 is 2.54 bits per heavy atom. The molecular formula is C19H19N3O2. The Hall–Kier alpha value is -2.95. The monoisotopic (exact) mass is 321 g/mol. The van der Waals surface area contributed by atoms with Crippen molar-refractivity contribution in [2.75, 3.05) is 26.1 Å². The van der Waals surface area contributed by atoms with Crippen LogP contribution in [0.4, 0.5) is 5.82 Å². The summed E-state index contributed by atoms with van der Waals surface area (Å²) in [6.07, 6.45) is 0.970. The molecule has 0 saturated heterocycles. The minimum Gasteiger partial charge on any atom is -0.497 e. The van der Waals surface area contributed by atoms with Crippen LogP contribution in [0.3, 0.4) is 0 Å². The van der Waals surface area contributed by atoms with Crippen molar-refractivity contribution in [3.8, 4) is 28.4 Å². The third-order valence-corrected chi connectivity index (χ3v) is 4.31. The molecule has 1 N–H and O–H groups in total. The molecule has 0 spiro atoms. The Morgan fingerprint density at radius 2 is 1.79 bits per heavy atom. The third-order valence-electron chi connectivity index (χ3n) is 4.31. The number of nitrogens with one attached hydrogen (secondary N) is 1. The largest absolute Gasteiger partial charge is 0.497 e. The highest BCUT2D eigenvalue weighted by atomic mass is 16.5. The summed E-state index contributed by atoms with van der Waals surface area (Å²) in [5, 5.41) is 8.31. The van der Waals surface area contributed by atoms with Crippen LogP contribution < -0.4 is 14.8 Å². The van der Waals surface area contributed by atoms with Gasteiger partial charge in [0.25, 0.3) is 0 Å². The third kappa shape index (κ3) is 2.38. The Bertz CT molecular complexity index is 869. The maximum Gasteiger partial charge on any atom is 0.133 e. The quantitative estimate of drug-likeness (QED) is 0.799. The molecular weight excluding hydrogens is 302 g/mol. The fraction of sp³-hybridized carbons (Fsp3) is 0.211. The first-order valence-electron chi connectivity index (χ1n) is 7.95. The fourth-order valence-electron chi connectivity index (χ4n) is 3.09. The van der Waals surface area contributed by atoms with E-state index in [1.54, 1.807) is 14.2 Å². The lowest BCUT2D eigenvalue weighted by Crippen LogP contribution is -2.04. The zero-order chi connectivity index (χ0) is 16.5. The van der Waals surface area contributed by atoms with Gasteiger partial charge in [-0.05, 0) is 42.8 Å². The topological polar surface area (TPSA) is 48.3 Å². The maximum absolute atomic E-state index is 5.35. The summed E-state index contributed by atoms with van der Waals surface area (Å²) in [7, 11) is 3.35. The molecule has 3 aromatic rings. The molecule has 0 unspecified atom stereocenters. The highest BCUT2D eigenvalue weighted by Crippen LogP contribution is 2.35. The van der Waals surface area contributed by atoms with Gasteiger partial charge in [0.2, 0.25) is 0 Å². The number of ether oxygens (including phenoxy) is 2. The van der Waals surface area contributed by atoms with E-state index in [0.717, 1.165) is 47.2 Å². The van der Waals surface area contributed by atoms with Gasteiger partial charge >= 0.3 is 0 Å². The second kappa shape index (κ2) is 5.92. The molecule has 4 rings (SSSR count). The van der Waals surface area contributed by atoms with E-state index in [1.807, 2.05) is 47.1 Å². The number of hydrogen-bond donors (Lipinski definition) is 1. The molecule has 5 heteroatoms. The first-order chi connectivity index (χ1) is 11.8. The van der Waals surface area contributed by atoms with E-state index in [-0.39, 0.29) is 0 Å². The number of benzene rings is 2. The Balaban J connectivity index is 1.82. The van der Waals surface area contributed by atoms with Crippen molar-refractivity contribution in [2.24, 2.45) is 0 Å². The number of methoxy groups -OCH3 is 2. The molecule has 0 fully saturated rings. The number of nitrogens with zero attached hydrogens (tertiary/aromatic N) is 2. The average molecular weight is 321 g/mol. The van der Waals surface area contributed by atoms with Crippen LogP contribution in [0.5, 0.6) is 11.5 Å². The number of hydrogen-bond acceptors (Lipinski definition) is 4. The van der Waals surface area contributed by atoms with Crippen LogP contribution >= 0.6 is 0 Å². The van der Waals surface area contributed by atoms with Crippen molar-refractivity contribution < 1.29 is 9.47 Å². The van der Waals surface area contributed by atoms with Crippen LogP contribution in [0.2, 0.25) is 0 Å². The summed E-state index contributed by atoms with van der Waals surface area (Å²) in [4.78, 5) is 0. The van der Waals surface area contributed by atoms with Gasteiger partial charge in [-0.1, -0.05) is 12.1 Å². The van der Waals surface area contributed by atoms with E-state index in [2.05, 4.69) is 11.4 Å². The zero-order valence-corrected chi connectivity index (χ0v) is 13.7. The van der Waals surface area contributed by atoms with Gasteiger partial charge in [-0.3, -0.25) is 0 Å². The molecule has 0 bridgehead atoms. The second-order valence-electron chi connectivity index (χ2n) is 5.69. The van der Waals surface area contributed by atoms with Crippen LogP contribution in [-0.4, -0.2) is 30.5 Å².